The highest BCUT2D eigenvalue weighted by Crippen LogP contribution is 2.19. The number of allylic oxidation sites excluding steroid dienone is 1. The van der Waals surface area contributed by atoms with Crippen molar-refractivity contribution < 1.29 is 9.90 Å². The second-order valence-corrected chi connectivity index (χ2v) is 6.33. The number of carbonyl (C=O) groups excluding carboxylic acids is 1. The van der Waals surface area contributed by atoms with Crippen LogP contribution in [0, 0.1) is 0 Å². The molecular formula is C19H24N4O2. The Hall–Kier alpha value is -2.47. The van der Waals surface area contributed by atoms with E-state index in [4.69, 9.17) is 0 Å². The van der Waals surface area contributed by atoms with Crippen molar-refractivity contribution in [2.45, 2.75) is 44.8 Å². The van der Waals surface area contributed by atoms with Crippen LogP contribution in [-0.2, 0) is 6.54 Å². The summed E-state index contributed by atoms with van der Waals surface area (Å²) in [5.74, 6) is -0.137. The molecule has 0 unspecified atom stereocenters. The Bertz CT molecular complexity index is 724. The van der Waals surface area contributed by atoms with Crippen LogP contribution in [-0.4, -0.2) is 32.3 Å². The van der Waals surface area contributed by atoms with Crippen molar-refractivity contribution in [3.8, 4) is 0 Å². The Morgan fingerprint density at radius 1 is 1.28 bits per heavy atom. The van der Waals surface area contributed by atoms with Crippen LogP contribution in [0.25, 0.3) is 0 Å². The molecule has 0 bridgehead atoms. The standard InChI is InChI=1S/C19H24N4O2/c24-17(16-9-5-2-6-10-16)13-23-14-21-18(22-23)19(25)20-12-11-15-7-3-1-4-8-15/h2,5-7,9-10,14,17,24H,1,3-4,8,11-13H2,(H,20,25)/t17-/m0/s1. The molecule has 1 amide bonds. The molecule has 1 aromatic carbocycles. The summed E-state index contributed by atoms with van der Waals surface area (Å²) in [6.45, 7) is 0.864. The first-order valence-corrected chi connectivity index (χ1v) is 8.81. The van der Waals surface area contributed by atoms with Crippen molar-refractivity contribution in [3.05, 3.63) is 59.7 Å². The minimum Gasteiger partial charge on any atom is -0.386 e. The Morgan fingerprint density at radius 2 is 2.12 bits per heavy atom. The van der Waals surface area contributed by atoms with Gasteiger partial charge in [0.25, 0.3) is 5.91 Å². The Morgan fingerprint density at radius 3 is 2.88 bits per heavy atom. The SMILES string of the molecule is O=C(NCCC1=CCCCC1)c1ncn(C[C@H](O)c2ccccc2)n1. The molecule has 1 aliphatic rings. The molecule has 6 heteroatoms. The van der Waals surface area contributed by atoms with Crippen LogP contribution >= 0.6 is 0 Å². The van der Waals surface area contributed by atoms with Crippen molar-refractivity contribution in [2.24, 2.45) is 0 Å². The molecule has 1 heterocycles. The van der Waals surface area contributed by atoms with Gasteiger partial charge in [0.2, 0.25) is 5.82 Å². The van der Waals surface area contributed by atoms with Gasteiger partial charge >= 0.3 is 0 Å². The molecule has 0 fully saturated rings. The van der Waals surface area contributed by atoms with Gasteiger partial charge in [-0.05, 0) is 37.7 Å². The summed E-state index contributed by atoms with van der Waals surface area (Å²) >= 11 is 0. The minimum absolute atomic E-state index is 0.137. The van der Waals surface area contributed by atoms with E-state index in [1.54, 1.807) is 0 Å². The predicted molar refractivity (Wildman–Crippen MR) is 94.9 cm³/mol. The van der Waals surface area contributed by atoms with E-state index in [0.29, 0.717) is 6.54 Å². The predicted octanol–water partition coefficient (Wildman–Crippen LogP) is 2.63. The molecule has 0 saturated carbocycles. The number of aromatic nitrogens is 3. The van der Waals surface area contributed by atoms with Crippen LogP contribution in [0.3, 0.4) is 0 Å². The zero-order valence-electron chi connectivity index (χ0n) is 14.3. The van der Waals surface area contributed by atoms with Gasteiger partial charge in [0.1, 0.15) is 6.33 Å². The third kappa shape index (κ3) is 5.00. The summed E-state index contributed by atoms with van der Waals surface area (Å²) in [4.78, 5) is 16.2. The Kier molecular flexibility index (Phi) is 5.95. The number of aliphatic hydroxyl groups is 1. The fourth-order valence-electron chi connectivity index (χ4n) is 2.99. The van der Waals surface area contributed by atoms with Gasteiger partial charge in [-0.25, -0.2) is 9.67 Å². The normalized spacial score (nSPS) is 15.5. The molecular weight excluding hydrogens is 316 g/mol. The lowest BCUT2D eigenvalue weighted by Crippen LogP contribution is -2.26. The van der Waals surface area contributed by atoms with Crippen molar-refractivity contribution in [1.82, 2.24) is 20.1 Å². The number of hydrogen-bond acceptors (Lipinski definition) is 4. The number of amides is 1. The van der Waals surface area contributed by atoms with E-state index >= 15 is 0 Å². The molecule has 0 radical (unpaired) electrons. The fraction of sp³-hybridized carbons (Fsp3) is 0.421. The topological polar surface area (TPSA) is 80.0 Å². The number of nitrogens with zero attached hydrogens (tertiary/aromatic N) is 3. The van der Waals surface area contributed by atoms with Gasteiger partial charge < -0.3 is 10.4 Å². The van der Waals surface area contributed by atoms with Crippen molar-refractivity contribution in [2.75, 3.05) is 6.54 Å². The lowest BCUT2D eigenvalue weighted by molar-refractivity contribution is 0.0941. The van der Waals surface area contributed by atoms with E-state index in [2.05, 4.69) is 21.5 Å². The summed E-state index contributed by atoms with van der Waals surface area (Å²) in [6, 6.07) is 9.36. The first kappa shape index (κ1) is 17.4. The fourth-order valence-corrected chi connectivity index (χ4v) is 2.99. The molecule has 132 valence electrons. The van der Waals surface area contributed by atoms with Gasteiger partial charge in [-0.3, -0.25) is 4.79 Å². The van der Waals surface area contributed by atoms with E-state index < -0.39 is 6.10 Å². The van der Waals surface area contributed by atoms with Gasteiger partial charge in [-0.1, -0.05) is 42.0 Å². The molecule has 1 atom stereocenters. The first-order chi connectivity index (χ1) is 12.2. The molecule has 2 N–H and O–H groups in total. The molecule has 0 saturated heterocycles. The molecule has 2 aromatic rings. The van der Waals surface area contributed by atoms with Crippen molar-refractivity contribution in [3.63, 3.8) is 0 Å². The summed E-state index contributed by atoms with van der Waals surface area (Å²) < 4.78 is 1.50. The average Bonchev–Trinajstić information content (AvgIpc) is 3.12. The van der Waals surface area contributed by atoms with E-state index in [1.807, 2.05) is 30.3 Å². The number of benzene rings is 1. The molecule has 25 heavy (non-hydrogen) atoms. The zero-order valence-corrected chi connectivity index (χ0v) is 14.3. The second kappa shape index (κ2) is 8.58. The quantitative estimate of drug-likeness (QED) is 0.759. The van der Waals surface area contributed by atoms with Crippen LogP contribution in [0.5, 0.6) is 0 Å². The summed E-state index contributed by atoms with van der Waals surface area (Å²) in [5, 5.41) is 17.2. The van der Waals surface area contributed by atoms with Gasteiger partial charge in [0.05, 0.1) is 12.6 Å². The van der Waals surface area contributed by atoms with Crippen LogP contribution in [0.1, 0.15) is 54.4 Å². The first-order valence-electron chi connectivity index (χ1n) is 8.81. The Labute approximate surface area is 147 Å². The third-order valence-corrected chi connectivity index (χ3v) is 4.40. The van der Waals surface area contributed by atoms with Gasteiger partial charge in [0.15, 0.2) is 0 Å². The summed E-state index contributed by atoms with van der Waals surface area (Å²) in [6.07, 6.45) is 8.77. The van der Waals surface area contributed by atoms with Gasteiger partial charge in [-0.15, -0.1) is 5.10 Å². The number of rotatable bonds is 7. The van der Waals surface area contributed by atoms with Gasteiger partial charge in [-0.2, -0.15) is 0 Å². The van der Waals surface area contributed by atoms with Crippen LogP contribution in [0.2, 0.25) is 0 Å². The smallest absolute Gasteiger partial charge is 0.290 e. The second-order valence-electron chi connectivity index (χ2n) is 6.33. The number of nitrogens with one attached hydrogen (secondary N) is 1. The maximum absolute atomic E-state index is 12.1. The van der Waals surface area contributed by atoms with E-state index in [9.17, 15) is 9.90 Å². The van der Waals surface area contributed by atoms with E-state index in [0.717, 1.165) is 24.8 Å². The minimum atomic E-state index is -0.683. The van der Waals surface area contributed by atoms with Crippen LogP contribution in [0.4, 0.5) is 0 Å². The summed E-state index contributed by atoms with van der Waals surface area (Å²) in [5.41, 5.74) is 2.24. The lowest BCUT2D eigenvalue weighted by atomic mass is 9.97. The third-order valence-electron chi connectivity index (χ3n) is 4.40. The van der Waals surface area contributed by atoms with Gasteiger partial charge in [0, 0.05) is 6.54 Å². The van der Waals surface area contributed by atoms with Crippen molar-refractivity contribution >= 4 is 5.91 Å². The monoisotopic (exact) mass is 340 g/mol. The number of hydrogen-bond donors (Lipinski definition) is 2. The lowest BCUT2D eigenvalue weighted by Gasteiger charge is -2.12. The van der Waals surface area contributed by atoms with E-state index in [1.165, 1.54) is 29.4 Å². The average molecular weight is 340 g/mol. The zero-order chi connectivity index (χ0) is 17.5. The molecule has 1 aliphatic carbocycles. The summed E-state index contributed by atoms with van der Waals surface area (Å²) in [7, 11) is 0. The highest BCUT2D eigenvalue weighted by Gasteiger charge is 2.14. The van der Waals surface area contributed by atoms with Crippen LogP contribution < -0.4 is 5.32 Å². The maximum Gasteiger partial charge on any atom is 0.290 e. The highest BCUT2D eigenvalue weighted by molar-refractivity contribution is 5.90. The number of carbonyl (C=O) groups is 1. The maximum atomic E-state index is 12.1. The molecule has 0 aliphatic heterocycles. The molecule has 1 aromatic heterocycles. The largest absolute Gasteiger partial charge is 0.386 e. The number of aliphatic hydroxyl groups excluding tert-OH is 1. The molecule has 3 rings (SSSR count). The van der Waals surface area contributed by atoms with Crippen LogP contribution in [0.15, 0.2) is 48.3 Å². The van der Waals surface area contributed by atoms with E-state index in [-0.39, 0.29) is 18.3 Å². The molecule has 6 nitrogen and oxygen atoms in total. The molecule has 0 spiro atoms. The highest BCUT2D eigenvalue weighted by atomic mass is 16.3. The Balaban J connectivity index is 1.48. The van der Waals surface area contributed by atoms with Crippen molar-refractivity contribution in [1.29, 1.82) is 0 Å².